The highest BCUT2D eigenvalue weighted by Gasteiger charge is 2.21. The van der Waals surface area contributed by atoms with E-state index >= 15 is 0 Å². The van der Waals surface area contributed by atoms with Crippen molar-refractivity contribution >= 4 is 15.8 Å². The van der Waals surface area contributed by atoms with Crippen LogP contribution < -0.4 is 4.72 Å². The van der Waals surface area contributed by atoms with E-state index in [0.29, 0.717) is 6.54 Å². The number of rotatable bonds is 11. The molecule has 0 aromatic rings. The lowest BCUT2D eigenvalue weighted by Gasteiger charge is -2.24. The molecule has 0 saturated carbocycles. The average Bonchev–Trinajstić information content (AvgIpc) is 2.32. The fourth-order valence-corrected chi connectivity index (χ4v) is 1.98. The summed E-state index contributed by atoms with van der Waals surface area (Å²) in [5.74, 6) is -0.468. The van der Waals surface area contributed by atoms with Crippen molar-refractivity contribution in [1.29, 1.82) is 0 Å². The van der Waals surface area contributed by atoms with Crippen molar-refractivity contribution in [2.24, 2.45) is 5.92 Å². The van der Waals surface area contributed by atoms with Gasteiger partial charge in [-0.2, -0.15) is 5.06 Å². The SMILES string of the molecule is CCCN(CC(O)C(=O)C(C)C)OCCNS(C)(=O)=O. The van der Waals surface area contributed by atoms with E-state index in [9.17, 15) is 18.3 Å². The molecule has 0 radical (unpaired) electrons. The molecule has 0 aliphatic heterocycles. The molecule has 0 aromatic heterocycles. The molecule has 0 saturated heterocycles. The van der Waals surface area contributed by atoms with Gasteiger partial charge in [0, 0.05) is 19.0 Å². The summed E-state index contributed by atoms with van der Waals surface area (Å²) in [4.78, 5) is 17.0. The minimum Gasteiger partial charge on any atom is -0.384 e. The maximum atomic E-state index is 11.6. The monoisotopic (exact) mass is 310 g/mol. The zero-order valence-corrected chi connectivity index (χ0v) is 13.4. The Hall–Kier alpha value is -0.540. The summed E-state index contributed by atoms with van der Waals surface area (Å²) in [6.07, 6.45) is 0.772. The summed E-state index contributed by atoms with van der Waals surface area (Å²) in [5.41, 5.74) is 0. The lowest BCUT2D eigenvalue weighted by molar-refractivity contribution is -0.175. The number of carbonyl (C=O) groups is 1. The normalized spacial score (nSPS) is 13.9. The van der Waals surface area contributed by atoms with Crippen molar-refractivity contribution < 1.29 is 23.2 Å². The molecule has 0 aliphatic carbocycles. The predicted octanol–water partition coefficient (Wildman–Crippen LogP) is -0.235. The number of aliphatic hydroxyl groups excluding tert-OH is 1. The van der Waals surface area contributed by atoms with Crippen molar-refractivity contribution in [3.05, 3.63) is 0 Å². The van der Waals surface area contributed by atoms with E-state index in [0.717, 1.165) is 12.7 Å². The Kier molecular flexibility index (Phi) is 9.15. The van der Waals surface area contributed by atoms with Gasteiger partial charge in [0.25, 0.3) is 0 Å². The van der Waals surface area contributed by atoms with Crippen LogP contribution in [0.5, 0.6) is 0 Å². The van der Waals surface area contributed by atoms with Crippen LogP contribution in [0.2, 0.25) is 0 Å². The van der Waals surface area contributed by atoms with Crippen LogP contribution in [-0.2, 0) is 19.7 Å². The van der Waals surface area contributed by atoms with E-state index < -0.39 is 16.1 Å². The molecule has 0 amide bonds. The first kappa shape index (κ1) is 19.5. The standard InChI is InChI=1S/C12H26N2O5S/c1-5-7-14(9-11(15)12(16)10(2)3)19-8-6-13-20(4,17)18/h10-11,13,15H,5-9H2,1-4H3. The lowest BCUT2D eigenvalue weighted by atomic mass is 10.0. The molecule has 8 heteroatoms. The highest BCUT2D eigenvalue weighted by molar-refractivity contribution is 7.88. The fraction of sp³-hybridized carbons (Fsp3) is 0.917. The molecule has 0 aliphatic rings. The van der Waals surface area contributed by atoms with Crippen LogP contribution in [0, 0.1) is 5.92 Å². The molecule has 0 bridgehead atoms. The summed E-state index contributed by atoms with van der Waals surface area (Å²) >= 11 is 0. The van der Waals surface area contributed by atoms with Crippen LogP contribution in [0.4, 0.5) is 0 Å². The van der Waals surface area contributed by atoms with E-state index in [-0.39, 0.29) is 31.4 Å². The van der Waals surface area contributed by atoms with Gasteiger partial charge in [-0.1, -0.05) is 20.8 Å². The zero-order chi connectivity index (χ0) is 15.8. The van der Waals surface area contributed by atoms with Gasteiger partial charge in [0.2, 0.25) is 10.0 Å². The van der Waals surface area contributed by atoms with Crippen molar-refractivity contribution in [2.75, 3.05) is 32.5 Å². The largest absolute Gasteiger partial charge is 0.384 e. The Morgan fingerprint density at radius 2 is 2.00 bits per heavy atom. The van der Waals surface area contributed by atoms with Gasteiger partial charge in [-0.25, -0.2) is 13.1 Å². The van der Waals surface area contributed by atoms with E-state index in [1.165, 1.54) is 5.06 Å². The van der Waals surface area contributed by atoms with Crippen LogP contribution in [0.25, 0.3) is 0 Å². The molecule has 0 aromatic carbocycles. The Morgan fingerprint density at radius 3 is 2.45 bits per heavy atom. The molecule has 1 unspecified atom stereocenters. The first-order chi connectivity index (χ1) is 9.17. The van der Waals surface area contributed by atoms with Crippen molar-refractivity contribution in [1.82, 2.24) is 9.79 Å². The van der Waals surface area contributed by atoms with Crippen LogP contribution >= 0.6 is 0 Å². The summed E-state index contributed by atoms with van der Waals surface area (Å²) in [7, 11) is -3.23. The third-order valence-electron chi connectivity index (χ3n) is 2.49. The lowest BCUT2D eigenvalue weighted by Crippen LogP contribution is -2.40. The smallest absolute Gasteiger partial charge is 0.208 e. The zero-order valence-electron chi connectivity index (χ0n) is 12.6. The van der Waals surface area contributed by atoms with E-state index in [1.807, 2.05) is 6.92 Å². The molecular weight excluding hydrogens is 284 g/mol. The van der Waals surface area contributed by atoms with Crippen molar-refractivity contribution in [3.8, 4) is 0 Å². The predicted molar refractivity (Wildman–Crippen MR) is 76.5 cm³/mol. The molecule has 7 nitrogen and oxygen atoms in total. The van der Waals surface area contributed by atoms with Crippen LogP contribution in [0.3, 0.4) is 0 Å². The molecule has 1 atom stereocenters. The number of ketones is 1. The topological polar surface area (TPSA) is 95.9 Å². The van der Waals surface area contributed by atoms with Gasteiger partial charge in [0.05, 0.1) is 19.4 Å². The number of nitrogens with zero attached hydrogens (tertiary/aromatic N) is 1. The Bertz CT molecular complexity index is 383. The first-order valence-corrected chi connectivity index (χ1v) is 8.60. The molecule has 20 heavy (non-hydrogen) atoms. The number of hydrogen-bond acceptors (Lipinski definition) is 6. The van der Waals surface area contributed by atoms with Crippen LogP contribution in [0.1, 0.15) is 27.2 Å². The first-order valence-electron chi connectivity index (χ1n) is 6.71. The number of aliphatic hydroxyl groups is 1. The number of nitrogens with one attached hydrogen (secondary N) is 1. The summed E-state index contributed by atoms with van der Waals surface area (Å²) in [6, 6.07) is 0. The Labute approximate surface area is 121 Å². The second-order valence-corrected chi connectivity index (χ2v) is 6.79. The number of Topliss-reactive ketones (excluding diaryl/α,β-unsaturated/α-hetero) is 1. The molecule has 0 rings (SSSR count). The maximum absolute atomic E-state index is 11.6. The van der Waals surface area contributed by atoms with Gasteiger partial charge in [-0.15, -0.1) is 0 Å². The van der Waals surface area contributed by atoms with Crippen LogP contribution in [-0.4, -0.2) is 63.0 Å². The van der Waals surface area contributed by atoms with Crippen LogP contribution in [0.15, 0.2) is 0 Å². The third-order valence-corrected chi connectivity index (χ3v) is 3.22. The minimum atomic E-state index is -3.23. The molecule has 0 fully saturated rings. The van der Waals surface area contributed by atoms with E-state index in [4.69, 9.17) is 4.84 Å². The van der Waals surface area contributed by atoms with Gasteiger partial charge >= 0.3 is 0 Å². The van der Waals surface area contributed by atoms with E-state index in [2.05, 4.69) is 4.72 Å². The number of carbonyl (C=O) groups excluding carboxylic acids is 1. The molecule has 0 heterocycles. The highest BCUT2D eigenvalue weighted by Crippen LogP contribution is 2.03. The quantitative estimate of drug-likeness (QED) is 0.404. The number of hydrogen-bond donors (Lipinski definition) is 2. The van der Waals surface area contributed by atoms with Crippen molar-refractivity contribution in [2.45, 2.75) is 33.3 Å². The maximum Gasteiger partial charge on any atom is 0.208 e. The van der Waals surface area contributed by atoms with Gasteiger partial charge in [0.15, 0.2) is 5.78 Å². The van der Waals surface area contributed by atoms with E-state index in [1.54, 1.807) is 13.8 Å². The number of hydroxylamine groups is 2. The minimum absolute atomic E-state index is 0.0870. The summed E-state index contributed by atoms with van der Waals surface area (Å²) in [6.45, 7) is 6.34. The van der Waals surface area contributed by atoms with Gasteiger partial charge in [-0.3, -0.25) is 9.63 Å². The van der Waals surface area contributed by atoms with Gasteiger partial charge in [-0.05, 0) is 6.42 Å². The second-order valence-electron chi connectivity index (χ2n) is 4.96. The Morgan fingerprint density at radius 1 is 1.40 bits per heavy atom. The number of sulfonamides is 1. The molecular formula is C12H26N2O5S. The Balaban J connectivity index is 4.19. The summed E-state index contributed by atoms with van der Waals surface area (Å²) in [5, 5.41) is 11.3. The molecule has 120 valence electrons. The summed E-state index contributed by atoms with van der Waals surface area (Å²) < 4.78 is 24.1. The van der Waals surface area contributed by atoms with Gasteiger partial charge in [0.1, 0.15) is 6.10 Å². The molecule has 2 N–H and O–H groups in total. The third kappa shape index (κ3) is 9.38. The van der Waals surface area contributed by atoms with Gasteiger partial charge < -0.3 is 5.11 Å². The average molecular weight is 310 g/mol. The molecule has 0 spiro atoms. The fourth-order valence-electron chi connectivity index (χ4n) is 1.53. The van der Waals surface area contributed by atoms with Crippen molar-refractivity contribution in [3.63, 3.8) is 0 Å². The second kappa shape index (κ2) is 9.41. The highest BCUT2D eigenvalue weighted by atomic mass is 32.2.